The predicted octanol–water partition coefficient (Wildman–Crippen LogP) is 1.21. The van der Waals surface area contributed by atoms with Gasteiger partial charge in [-0.2, -0.15) is 0 Å². The molecule has 0 fully saturated rings. The Morgan fingerprint density at radius 1 is 1.33 bits per heavy atom. The maximum Gasteiger partial charge on any atom is 0.148 e. The number of anilines is 1. The summed E-state index contributed by atoms with van der Waals surface area (Å²) in [5.41, 5.74) is 0.728. The molecule has 0 amide bonds. The first kappa shape index (κ1) is 14.9. The topological polar surface area (TPSA) is 49.4 Å². The molecule has 0 aliphatic carbocycles. The van der Waals surface area contributed by atoms with Crippen LogP contribution in [0.2, 0.25) is 0 Å². The van der Waals surface area contributed by atoms with E-state index in [1.165, 1.54) is 18.4 Å². The van der Waals surface area contributed by atoms with Gasteiger partial charge in [-0.05, 0) is 25.2 Å². The number of hydrogen-bond acceptors (Lipinski definition) is 4. The molecule has 0 saturated carbocycles. The van der Waals surface area contributed by atoms with Crippen molar-refractivity contribution >= 4 is 15.5 Å². The predicted molar refractivity (Wildman–Crippen MR) is 72.1 cm³/mol. The third kappa shape index (κ3) is 6.56. The number of nitrogens with zero attached hydrogens (tertiary/aromatic N) is 1. The second kappa shape index (κ2) is 6.70. The Hall–Kier alpha value is -1.14. The molecule has 0 bridgehead atoms. The van der Waals surface area contributed by atoms with Crippen LogP contribution >= 0.6 is 0 Å². The van der Waals surface area contributed by atoms with Crippen LogP contribution in [0.25, 0.3) is 0 Å². The maximum absolute atomic E-state index is 12.9. The van der Waals surface area contributed by atoms with Crippen LogP contribution in [-0.4, -0.2) is 52.0 Å². The van der Waals surface area contributed by atoms with Crippen LogP contribution in [0.15, 0.2) is 24.3 Å². The van der Waals surface area contributed by atoms with Crippen LogP contribution in [-0.2, 0) is 9.84 Å². The Morgan fingerprint density at radius 3 is 2.67 bits per heavy atom. The van der Waals surface area contributed by atoms with Gasteiger partial charge in [-0.25, -0.2) is 12.8 Å². The highest BCUT2D eigenvalue weighted by atomic mass is 32.2. The number of sulfone groups is 1. The highest BCUT2D eigenvalue weighted by Gasteiger charge is 2.05. The fourth-order valence-electron chi connectivity index (χ4n) is 1.42. The smallest absolute Gasteiger partial charge is 0.148 e. The molecule has 18 heavy (non-hydrogen) atoms. The third-order valence-corrected chi connectivity index (χ3v) is 3.42. The zero-order valence-electron chi connectivity index (χ0n) is 10.7. The lowest BCUT2D eigenvalue weighted by atomic mass is 10.3. The van der Waals surface area contributed by atoms with Crippen molar-refractivity contribution < 1.29 is 12.8 Å². The van der Waals surface area contributed by atoms with E-state index in [9.17, 15) is 12.8 Å². The molecule has 6 heteroatoms. The first-order valence-electron chi connectivity index (χ1n) is 5.72. The van der Waals surface area contributed by atoms with E-state index in [-0.39, 0.29) is 11.6 Å². The van der Waals surface area contributed by atoms with Crippen molar-refractivity contribution in [3.63, 3.8) is 0 Å². The van der Waals surface area contributed by atoms with E-state index >= 15 is 0 Å². The minimum absolute atomic E-state index is 0.156. The van der Waals surface area contributed by atoms with Crippen molar-refractivity contribution in [3.05, 3.63) is 30.1 Å². The number of halogens is 1. The molecule has 102 valence electrons. The third-order valence-electron chi connectivity index (χ3n) is 2.49. The summed E-state index contributed by atoms with van der Waals surface area (Å²) in [5.74, 6) is -0.117. The maximum atomic E-state index is 12.9. The van der Waals surface area contributed by atoms with E-state index in [0.717, 1.165) is 5.69 Å². The summed E-state index contributed by atoms with van der Waals surface area (Å²) in [6.45, 7) is 1.85. The summed E-state index contributed by atoms with van der Waals surface area (Å²) in [7, 11) is -1.05. The summed E-state index contributed by atoms with van der Waals surface area (Å²) in [5, 5.41) is 3.08. The quantitative estimate of drug-likeness (QED) is 0.812. The molecule has 1 aromatic rings. The second-order valence-electron chi connectivity index (χ2n) is 4.37. The monoisotopic (exact) mass is 274 g/mol. The minimum Gasteiger partial charge on any atom is -0.384 e. The van der Waals surface area contributed by atoms with E-state index in [2.05, 4.69) is 5.32 Å². The van der Waals surface area contributed by atoms with Gasteiger partial charge in [-0.3, -0.25) is 0 Å². The summed E-state index contributed by atoms with van der Waals surface area (Å²) in [4.78, 5) is 1.92. The first-order chi connectivity index (χ1) is 8.37. The van der Waals surface area contributed by atoms with Gasteiger partial charge in [0.25, 0.3) is 0 Å². The zero-order valence-corrected chi connectivity index (χ0v) is 11.5. The van der Waals surface area contributed by atoms with Crippen LogP contribution in [0, 0.1) is 5.82 Å². The van der Waals surface area contributed by atoms with Gasteiger partial charge in [0.1, 0.15) is 15.7 Å². The lowest BCUT2D eigenvalue weighted by Crippen LogP contribution is -2.29. The van der Waals surface area contributed by atoms with Crippen molar-refractivity contribution in [1.29, 1.82) is 0 Å². The Bertz CT molecular complexity index is 477. The Morgan fingerprint density at radius 2 is 2.06 bits per heavy atom. The highest BCUT2D eigenvalue weighted by molar-refractivity contribution is 7.90. The number of benzene rings is 1. The van der Waals surface area contributed by atoms with Gasteiger partial charge >= 0.3 is 0 Å². The van der Waals surface area contributed by atoms with Crippen molar-refractivity contribution in [2.24, 2.45) is 0 Å². The van der Waals surface area contributed by atoms with E-state index in [1.54, 1.807) is 12.1 Å². The van der Waals surface area contributed by atoms with Gasteiger partial charge in [0, 0.05) is 31.6 Å². The molecule has 0 aliphatic heterocycles. The minimum atomic E-state index is -2.91. The molecular formula is C12H19FN2O2S. The Balaban J connectivity index is 2.25. The molecule has 0 atom stereocenters. The summed E-state index contributed by atoms with van der Waals surface area (Å²) >= 11 is 0. The number of rotatable bonds is 7. The molecule has 1 rings (SSSR count). The van der Waals surface area contributed by atoms with Gasteiger partial charge in [0.2, 0.25) is 0 Å². The van der Waals surface area contributed by atoms with Gasteiger partial charge in [-0.15, -0.1) is 0 Å². The van der Waals surface area contributed by atoms with E-state index in [0.29, 0.717) is 19.6 Å². The van der Waals surface area contributed by atoms with E-state index < -0.39 is 9.84 Å². The molecule has 0 unspecified atom stereocenters. The van der Waals surface area contributed by atoms with Crippen LogP contribution in [0.5, 0.6) is 0 Å². The van der Waals surface area contributed by atoms with Crippen molar-refractivity contribution in [2.75, 3.05) is 44.0 Å². The molecule has 0 heterocycles. The Kier molecular flexibility index (Phi) is 5.55. The Labute approximate surface area is 108 Å². The van der Waals surface area contributed by atoms with Crippen LogP contribution in [0.4, 0.5) is 10.1 Å². The summed E-state index contributed by atoms with van der Waals surface area (Å²) in [6, 6.07) is 6.25. The fourth-order valence-corrected chi connectivity index (χ4v) is 2.07. The highest BCUT2D eigenvalue weighted by Crippen LogP contribution is 2.08. The average molecular weight is 274 g/mol. The summed E-state index contributed by atoms with van der Waals surface area (Å²) in [6.07, 6.45) is 1.23. The van der Waals surface area contributed by atoms with Gasteiger partial charge in [0.05, 0.1) is 5.75 Å². The van der Waals surface area contributed by atoms with Gasteiger partial charge < -0.3 is 10.2 Å². The molecule has 1 aromatic carbocycles. The largest absolute Gasteiger partial charge is 0.384 e. The van der Waals surface area contributed by atoms with E-state index in [4.69, 9.17) is 0 Å². The van der Waals surface area contributed by atoms with Crippen LogP contribution < -0.4 is 5.32 Å². The lowest BCUT2D eigenvalue weighted by molar-refractivity contribution is 0.367. The normalized spacial score (nSPS) is 11.8. The fraction of sp³-hybridized carbons (Fsp3) is 0.500. The van der Waals surface area contributed by atoms with Crippen LogP contribution in [0.3, 0.4) is 0 Å². The molecule has 1 N–H and O–H groups in total. The van der Waals surface area contributed by atoms with Gasteiger partial charge in [0.15, 0.2) is 0 Å². The number of nitrogens with one attached hydrogen (secondary N) is 1. The number of hydrogen-bond donors (Lipinski definition) is 1. The molecule has 0 aliphatic rings. The lowest BCUT2D eigenvalue weighted by Gasteiger charge is -2.16. The second-order valence-corrected chi connectivity index (χ2v) is 6.63. The standard InChI is InChI=1S/C12H19FN2O2S/c1-15(8-9-18(2,16)17)7-6-14-12-5-3-4-11(13)10-12/h3-5,10,14H,6-9H2,1-2H3. The molecule has 4 nitrogen and oxygen atoms in total. The molecular weight excluding hydrogens is 255 g/mol. The van der Waals surface area contributed by atoms with Gasteiger partial charge in [-0.1, -0.05) is 6.07 Å². The number of likely N-dealkylation sites (N-methyl/N-ethyl adjacent to an activating group) is 1. The van der Waals surface area contributed by atoms with E-state index in [1.807, 2.05) is 11.9 Å². The molecule has 0 radical (unpaired) electrons. The SMILES string of the molecule is CN(CCNc1cccc(F)c1)CCS(C)(=O)=O. The van der Waals surface area contributed by atoms with Crippen molar-refractivity contribution in [3.8, 4) is 0 Å². The molecule has 0 aromatic heterocycles. The molecule has 0 spiro atoms. The molecule has 0 saturated heterocycles. The van der Waals surface area contributed by atoms with Crippen molar-refractivity contribution in [1.82, 2.24) is 4.90 Å². The zero-order chi connectivity index (χ0) is 13.6. The van der Waals surface area contributed by atoms with Crippen molar-refractivity contribution in [2.45, 2.75) is 0 Å². The first-order valence-corrected chi connectivity index (χ1v) is 7.78. The summed E-state index contributed by atoms with van der Waals surface area (Å²) < 4.78 is 34.9. The van der Waals surface area contributed by atoms with Crippen LogP contribution in [0.1, 0.15) is 0 Å². The average Bonchev–Trinajstić information content (AvgIpc) is 2.25.